The van der Waals surface area contributed by atoms with Crippen molar-refractivity contribution in [1.82, 2.24) is 4.98 Å². The van der Waals surface area contributed by atoms with E-state index in [1.165, 1.54) is 60.8 Å². The summed E-state index contributed by atoms with van der Waals surface area (Å²) >= 11 is 0. The summed E-state index contributed by atoms with van der Waals surface area (Å²) in [5, 5.41) is 21.8. The topological polar surface area (TPSA) is 114 Å². The molecule has 4 rings (SSSR count). The fraction of sp³-hybridized carbons (Fsp3) is 0.0455. The molecule has 0 spiro atoms. The summed E-state index contributed by atoms with van der Waals surface area (Å²) in [6.45, 7) is 0. The fourth-order valence-corrected chi connectivity index (χ4v) is 3.42. The fourth-order valence-electron chi connectivity index (χ4n) is 3.42. The van der Waals surface area contributed by atoms with E-state index in [2.05, 4.69) is 4.98 Å². The highest BCUT2D eigenvalue weighted by molar-refractivity contribution is 6.51. The van der Waals surface area contributed by atoms with Crippen LogP contribution in [0.25, 0.3) is 5.76 Å². The van der Waals surface area contributed by atoms with Crippen LogP contribution in [0.2, 0.25) is 0 Å². The second-order valence-corrected chi connectivity index (χ2v) is 6.71. The van der Waals surface area contributed by atoms with Crippen LogP contribution in [0.5, 0.6) is 0 Å². The summed E-state index contributed by atoms with van der Waals surface area (Å²) < 4.78 is 13.5. The van der Waals surface area contributed by atoms with Crippen molar-refractivity contribution in [2.45, 2.75) is 6.04 Å². The number of ketones is 1. The maximum absolute atomic E-state index is 13.5. The lowest BCUT2D eigenvalue weighted by molar-refractivity contribution is -0.384. The number of aliphatic hydroxyl groups is 1. The molecule has 31 heavy (non-hydrogen) atoms. The van der Waals surface area contributed by atoms with Gasteiger partial charge in [0.05, 0.1) is 16.5 Å². The van der Waals surface area contributed by atoms with Gasteiger partial charge in [0.15, 0.2) is 0 Å². The minimum atomic E-state index is -1.06. The van der Waals surface area contributed by atoms with E-state index in [-0.39, 0.29) is 22.6 Å². The van der Waals surface area contributed by atoms with Crippen LogP contribution in [0, 0.1) is 15.9 Å². The third-order valence-electron chi connectivity index (χ3n) is 4.88. The Labute approximate surface area is 175 Å². The number of rotatable bonds is 4. The van der Waals surface area contributed by atoms with E-state index < -0.39 is 34.2 Å². The van der Waals surface area contributed by atoms with E-state index >= 15 is 0 Å². The molecule has 1 unspecified atom stereocenters. The van der Waals surface area contributed by atoms with Gasteiger partial charge >= 0.3 is 5.91 Å². The molecular weight excluding hydrogens is 405 g/mol. The number of amides is 1. The molecule has 0 bridgehead atoms. The standard InChI is InChI=1S/C22H14FN3O5/c23-15-8-4-13(5-9-15)19-18(20(27)14-6-10-16(11-7-14)26(30)31)21(28)22(29)25(19)17-3-1-2-12-24-17/h1-12,19,27H/b20-18+. The highest BCUT2D eigenvalue weighted by Gasteiger charge is 2.47. The Morgan fingerprint density at radius 2 is 1.71 bits per heavy atom. The summed E-state index contributed by atoms with van der Waals surface area (Å²) in [7, 11) is 0. The second kappa shape index (κ2) is 7.79. The van der Waals surface area contributed by atoms with E-state index in [4.69, 9.17) is 0 Å². The average Bonchev–Trinajstić information content (AvgIpc) is 3.05. The van der Waals surface area contributed by atoms with Crippen molar-refractivity contribution in [2.75, 3.05) is 4.90 Å². The monoisotopic (exact) mass is 419 g/mol. The number of hydrogen-bond acceptors (Lipinski definition) is 6. The molecule has 1 atom stereocenters. The van der Waals surface area contributed by atoms with Crippen molar-refractivity contribution < 1.29 is 24.0 Å². The first-order valence-electron chi connectivity index (χ1n) is 9.11. The van der Waals surface area contributed by atoms with Crippen LogP contribution in [0.4, 0.5) is 15.9 Å². The van der Waals surface area contributed by atoms with Crippen LogP contribution in [0.1, 0.15) is 17.2 Å². The van der Waals surface area contributed by atoms with Gasteiger partial charge < -0.3 is 5.11 Å². The Morgan fingerprint density at radius 1 is 1.03 bits per heavy atom. The molecule has 1 N–H and O–H groups in total. The van der Waals surface area contributed by atoms with Crippen molar-refractivity contribution >= 4 is 29.0 Å². The first-order valence-corrected chi connectivity index (χ1v) is 9.11. The van der Waals surface area contributed by atoms with Crippen molar-refractivity contribution in [1.29, 1.82) is 0 Å². The summed E-state index contributed by atoms with van der Waals surface area (Å²) in [5.41, 5.74) is 0.0862. The van der Waals surface area contributed by atoms with Crippen molar-refractivity contribution in [3.8, 4) is 0 Å². The average molecular weight is 419 g/mol. The number of aromatic nitrogens is 1. The minimum absolute atomic E-state index is 0.122. The van der Waals surface area contributed by atoms with Crippen LogP contribution in [0.15, 0.2) is 78.5 Å². The first-order chi connectivity index (χ1) is 14.9. The molecule has 1 aromatic heterocycles. The summed E-state index contributed by atoms with van der Waals surface area (Å²) in [5.74, 6) is -2.68. The number of benzene rings is 2. The van der Waals surface area contributed by atoms with Gasteiger partial charge in [-0.2, -0.15) is 0 Å². The Bertz CT molecular complexity index is 1210. The molecule has 1 fully saturated rings. The Morgan fingerprint density at radius 3 is 2.29 bits per heavy atom. The first kappa shape index (κ1) is 19.9. The number of Topliss-reactive ketones (excluding diaryl/α,β-unsaturated/α-hetero) is 1. The number of nitrogens with zero attached hydrogens (tertiary/aromatic N) is 3. The van der Waals surface area contributed by atoms with Crippen LogP contribution in [0.3, 0.4) is 0 Å². The Kier molecular flexibility index (Phi) is 5.00. The number of aliphatic hydroxyl groups excluding tert-OH is 1. The normalized spacial score (nSPS) is 17.7. The van der Waals surface area contributed by atoms with Gasteiger partial charge in [-0.05, 0) is 42.0 Å². The zero-order valence-corrected chi connectivity index (χ0v) is 15.8. The van der Waals surface area contributed by atoms with Crippen molar-refractivity contribution in [2.24, 2.45) is 0 Å². The summed E-state index contributed by atoms with van der Waals surface area (Å²) in [6.07, 6.45) is 1.45. The Hall–Kier alpha value is -4.40. The van der Waals surface area contributed by atoms with Crippen LogP contribution in [-0.4, -0.2) is 26.7 Å². The highest BCUT2D eigenvalue weighted by atomic mass is 19.1. The zero-order valence-electron chi connectivity index (χ0n) is 15.8. The Balaban J connectivity index is 1.91. The number of carbonyl (C=O) groups is 2. The number of nitro groups is 1. The molecule has 0 saturated carbocycles. The van der Waals surface area contributed by atoms with E-state index in [0.717, 1.165) is 4.90 Å². The van der Waals surface area contributed by atoms with E-state index in [1.54, 1.807) is 12.1 Å². The SMILES string of the molecule is O=C1C(=O)N(c2ccccn2)C(c2ccc(F)cc2)/C1=C(\O)c1ccc([N+](=O)[O-])cc1. The predicted molar refractivity (Wildman–Crippen MR) is 109 cm³/mol. The number of pyridine rings is 1. The highest BCUT2D eigenvalue weighted by Crippen LogP contribution is 2.41. The van der Waals surface area contributed by atoms with Gasteiger partial charge in [0, 0.05) is 23.9 Å². The lowest BCUT2D eigenvalue weighted by atomic mass is 9.95. The molecule has 1 amide bonds. The number of carbonyl (C=O) groups excluding carboxylic acids is 2. The minimum Gasteiger partial charge on any atom is -0.507 e. The van der Waals surface area contributed by atoms with Gasteiger partial charge in [-0.3, -0.25) is 24.6 Å². The molecule has 8 nitrogen and oxygen atoms in total. The predicted octanol–water partition coefficient (Wildman–Crippen LogP) is 3.76. The quantitative estimate of drug-likeness (QED) is 0.226. The van der Waals surface area contributed by atoms with Crippen LogP contribution < -0.4 is 4.90 Å². The molecule has 2 aromatic carbocycles. The lowest BCUT2D eigenvalue weighted by Crippen LogP contribution is -2.30. The molecule has 1 saturated heterocycles. The number of anilines is 1. The second-order valence-electron chi connectivity index (χ2n) is 6.71. The molecule has 1 aliphatic heterocycles. The van der Waals surface area contributed by atoms with Gasteiger partial charge in [-0.15, -0.1) is 0 Å². The molecule has 0 radical (unpaired) electrons. The van der Waals surface area contributed by atoms with Crippen LogP contribution in [-0.2, 0) is 9.59 Å². The van der Waals surface area contributed by atoms with Gasteiger partial charge in [-0.1, -0.05) is 18.2 Å². The number of non-ortho nitro benzene ring substituents is 1. The van der Waals surface area contributed by atoms with Crippen molar-refractivity contribution in [3.63, 3.8) is 0 Å². The maximum atomic E-state index is 13.5. The summed E-state index contributed by atoms with van der Waals surface area (Å²) in [6, 6.07) is 13.8. The molecule has 0 aliphatic carbocycles. The molecule has 2 heterocycles. The van der Waals surface area contributed by atoms with Crippen LogP contribution >= 0.6 is 0 Å². The zero-order chi connectivity index (χ0) is 22.1. The van der Waals surface area contributed by atoms with Gasteiger partial charge in [0.2, 0.25) is 0 Å². The van der Waals surface area contributed by atoms with Gasteiger partial charge in [0.25, 0.3) is 11.5 Å². The maximum Gasteiger partial charge on any atom is 0.301 e. The van der Waals surface area contributed by atoms with Gasteiger partial charge in [-0.25, -0.2) is 9.37 Å². The molecule has 154 valence electrons. The molecule has 1 aliphatic rings. The number of halogens is 1. The van der Waals surface area contributed by atoms with Gasteiger partial charge in [0.1, 0.15) is 17.4 Å². The smallest absolute Gasteiger partial charge is 0.301 e. The molecular formula is C22H14FN3O5. The third-order valence-corrected chi connectivity index (χ3v) is 4.88. The number of nitro benzene ring substituents is 1. The number of hydrogen-bond donors (Lipinski definition) is 1. The molecule has 3 aromatic rings. The van der Waals surface area contributed by atoms with E-state index in [9.17, 15) is 29.2 Å². The lowest BCUT2D eigenvalue weighted by Gasteiger charge is -2.24. The van der Waals surface area contributed by atoms with E-state index in [1.807, 2.05) is 0 Å². The third kappa shape index (κ3) is 3.52. The van der Waals surface area contributed by atoms with E-state index in [0.29, 0.717) is 5.56 Å². The summed E-state index contributed by atoms with van der Waals surface area (Å²) in [4.78, 5) is 41.3. The van der Waals surface area contributed by atoms with Crippen molar-refractivity contribution in [3.05, 3.63) is 106 Å². The molecule has 9 heteroatoms. The largest absolute Gasteiger partial charge is 0.507 e.